The highest BCUT2D eigenvalue weighted by molar-refractivity contribution is 5.69. The van der Waals surface area contributed by atoms with E-state index in [9.17, 15) is 19.2 Å². The van der Waals surface area contributed by atoms with Gasteiger partial charge in [0.15, 0.2) is 18.5 Å². The van der Waals surface area contributed by atoms with E-state index in [1.54, 1.807) is 13.8 Å². The van der Waals surface area contributed by atoms with Gasteiger partial charge in [0.25, 0.3) is 0 Å². The Morgan fingerprint density at radius 2 is 1.46 bits per heavy atom. The van der Waals surface area contributed by atoms with Crippen molar-refractivity contribution in [3.05, 3.63) is 0 Å². The van der Waals surface area contributed by atoms with Crippen molar-refractivity contribution in [2.75, 3.05) is 19.8 Å². The van der Waals surface area contributed by atoms with E-state index in [2.05, 4.69) is 5.32 Å². The SMILES string of the molecule is CCOC(=O)NC1C(OCC)OC(COC(C)=O)[C@H](OC(C)=O)[C@H]1OC(C)=O. The molecule has 1 heterocycles. The molecule has 0 aromatic heterocycles. The second-order valence-electron chi connectivity index (χ2n) is 5.84. The van der Waals surface area contributed by atoms with Crippen molar-refractivity contribution in [3.8, 4) is 0 Å². The molecular weight excluding hydrogens is 378 g/mol. The summed E-state index contributed by atoms with van der Waals surface area (Å²) in [5.74, 6) is -1.93. The fourth-order valence-electron chi connectivity index (χ4n) is 2.67. The van der Waals surface area contributed by atoms with Crippen LogP contribution in [-0.4, -0.2) is 74.5 Å². The van der Waals surface area contributed by atoms with E-state index in [1.807, 2.05) is 0 Å². The third-order valence-electron chi connectivity index (χ3n) is 3.59. The molecule has 0 aromatic rings. The number of rotatable bonds is 8. The molecule has 1 saturated heterocycles. The fraction of sp³-hybridized carbons (Fsp3) is 0.765. The predicted molar refractivity (Wildman–Crippen MR) is 92.0 cm³/mol. The number of carbonyl (C=O) groups excluding carboxylic acids is 4. The van der Waals surface area contributed by atoms with Gasteiger partial charge in [-0.25, -0.2) is 4.79 Å². The molecule has 1 N–H and O–H groups in total. The average molecular weight is 405 g/mol. The van der Waals surface area contributed by atoms with Gasteiger partial charge in [-0.05, 0) is 13.8 Å². The molecule has 0 bridgehead atoms. The standard InChI is InChI=1S/C17H27NO10/c1-6-23-16-13(18-17(22)24-7-2)15(27-11(5)21)14(26-10(4)20)12(28-16)8-25-9(3)19/h12-16H,6-8H2,1-5H3,(H,18,22)/t12?,13?,14-,15-,16?/m0/s1. The first-order chi connectivity index (χ1) is 13.2. The van der Waals surface area contributed by atoms with E-state index in [1.165, 1.54) is 13.8 Å². The van der Waals surface area contributed by atoms with Crippen LogP contribution in [0.3, 0.4) is 0 Å². The highest BCUT2D eigenvalue weighted by atomic mass is 16.7. The molecule has 11 heteroatoms. The number of carbonyl (C=O) groups is 4. The molecule has 160 valence electrons. The number of amides is 1. The van der Waals surface area contributed by atoms with E-state index >= 15 is 0 Å². The summed E-state index contributed by atoms with van der Waals surface area (Å²) in [4.78, 5) is 46.4. The lowest BCUT2D eigenvalue weighted by Gasteiger charge is -2.44. The van der Waals surface area contributed by atoms with E-state index in [0.717, 1.165) is 6.92 Å². The molecule has 0 saturated carbocycles. The largest absolute Gasteiger partial charge is 0.463 e. The summed E-state index contributed by atoms with van der Waals surface area (Å²) in [6.07, 6.45) is -5.20. The normalized spacial score (nSPS) is 26.7. The van der Waals surface area contributed by atoms with Gasteiger partial charge in [0.1, 0.15) is 18.8 Å². The molecule has 1 amide bonds. The topological polar surface area (TPSA) is 136 Å². The number of hydrogen-bond donors (Lipinski definition) is 1. The number of esters is 3. The molecule has 0 radical (unpaired) electrons. The molecule has 5 atom stereocenters. The maximum absolute atomic E-state index is 12.0. The van der Waals surface area contributed by atoms with Crippen molar-refractivity contribution < 1.29 is 47.6 Å². The summed E-state index contributed by atoms with van der Waals surface area (Å²) < 4.78 is 31.7. The summed E-state index contributed by atoms with van der Waals surface area (Å²) in [6.45, 7) is 6.90. The van der Waals surface area contributed by atoms with Crippen LogP contribution in [0.2, 0.25) is 0 Å². The Kier molecular flexibility index (Phi) is 9.66. The maximum Gasteiger partial charge on any atom is 0.407 e. The van der Waals surface area contributed by atoms with Crippen molar-refractivity contribution in [1.82, 2.24) is 5.32 Å². The van der Waals surface area contributed by atoms with Gasteiger partial charge in [0.2, 0.25) is 0 Å². The van der Waals surface area contributed by atoms with E-state index in [0.29, 0.717) is 0 Å². The zero-order chi connectivity index (χ0) is 21.3. The summed E-state index contributed by atoms with van der Waals surface area (Å²) >= 11 is 0. The first-order valence-corrected chi connectivity index (χ1v) is 8.87. The van der Waals surface area contributed by atoms with Gasteiger partial charge in [-0.2, -0.15) is 0 Å². The van der Waals surface area contributed by atoms with E-state index in [4.69, 9.17) is 28.4 Å². The molecule has 1 rings (SSSR count). The van der Waals surface area contributed by atoms with Crippen LogP contribution in [0.25, 0.3) is 0 Å². The van der Waals surface area contributed by atoms with Crippen LogP contribution in [0.4, 0.5) is 4.79 Å². The van der Waals surface area contributed by atoms with Crippen molar-refractivity contribution in [2.45, 2.75) is 65.3 Å². The van der Waals surface area contributed by atoms with Gasteiger partial charge >= 0.3 is 24.0 Å². The van der Waals surface area contributed by atoms with Gasteiger partial charge < -0.3 is 33.7 Å². The monoisotopic (exact) mass is 405 g/mol. The first kappa shape index (κ1) is 23.6. The number of alkyl carbamates (subject to hydrolysis) is 1. The van der Waals surface area contributed by atoms with Crippen LogP contribution in [0.1, 0.15) is 34.6 Å². The Balaban J connectivity index is 3.23. The zero-order valence-corrected chi connectivity index (χ0v) is 16.6. The molecular formula is C17H27NO10. The number of ether oxygens (including phenoxy) is 6. The lowest BCUT2D eigenvalue weighted by Crippen LogP contribution is -2.66. The molecule has 1 aliphatic rings. The van der Waals surface area contributed by atoms with Gasteiger partial charge in [0.05, 0.1) is 6.61 Å². The summed E-state index contributed by atoms with van der Waals surface area (Å²) in [5, 5.41) is 2.51. The van der Waals surface area contributed by atoms with Crippen LogP contribution < -0.4 is 5.32 Å². The van der Waals surface area contributed by atoms with Crippen molar-refractivity contribution in [3.63, 3.8) is 0 Å². The van der Waals surface area contributed by atoms with Crippen molar-refractivity contribution >= 4 is 24.0 Å². The molecule has 11 nitrogen and oxygen atoms in total. The fourth-order valence-corrected chi connectivity index (χ4v) is 2.67. The third-order valence-corrected chi connectivity index (χ3v) is 3.59. The highest BCUT2D eigenvalue weighted by Crippen LogP contribution is 2.28. The predicted octanol–water partition coefficient (Wildman–Crippen LogP) is 0.289. The quantitative estimate of drug-likeness (QED) is 0.443. The van der Waals surface area contributed by atoms with Gasteiger partial charge in [-0.1, -0.05) is 0 Å². The van der Waals surface area contributed by atoms with Gasteiger partial charge in [0, 0.05) is 27.4 Å². The zero-order valence-electron chi connectivity index (χ0n) is 16.6. The van der Waals surface area contributed by atoms with Crippen LogP contribution >= 0.6 is 0 Å². The summed E-state index contributed by atoms with van der Waals surface area (Å²) in [7, 11) is 0. The van der Waals surface area contributed by atoms with E-state index < -0.39 is 54.6 Å². The van der Waals surface area contributed by atoms with Gasteiger partial charge in [-0.3, -0.25) is 14.4 Å². The maximum atomic E-state index is 12.0. The third kappa shape index (κ3) is 7.31. The average Bonchev–Trinajstić information content (AvgIpc) is 2.58. The summed E-state index contributed by atoms with van der Waals surface area (Å²) in [5.41, 5.74) is 0. The smallest absolute Gasteiger partial charge is 0.407 e. The molecule has 0 aromatic carbocycles. The Bertz CT molecular complexity index is 566. The second kappa shape index (κ2) is 11.4. The number of hydrogen-bond acceptors (Lipinski definition) is 10. The van der Waals surface area contributed by atoms with Crippen molar-refractivity contribution in [2.24, 2.45) is 0 Å². The molecule has 0 spiro atoms. The lowest BCUT2D eigenvalue weighted by atomic mass is 9.96. The van der Waals surface area contributed by atoms with Crippen molar-refractivity contribution in [1.29, 1.82) is 0 Å². The first-order valence-electron chi connectivity index (χ1n) is 8.87. The summed E-state index contributed by atoms with van der Waals surface area (Å²) in [6, 6.07) is -1.04. The molecule has 1 fully saturated rings. The molecule has 1 aliphatic heterocycles. The van der Waals surface area contributed by atoms with Crippen LogP contribution in [-0.2, 0) is 42.8 Å². The minimum Gasteiger partial charge on any atom is -0.463 e. The highest BCUT2D eigenvalue weighted by Gasteiger charge is 2.51. The minimum atomic E-state index is -1.17. The molecule has 3 unspecified atom stereocenters. The minimum absolute atomic E-state index is 0.111. The lowest BCUT2D eigenvalue weighted by molar-refractivity contribution is -0.276. The Morgan fingerprint density at radius 1 is 0.857 bits per heavy atom. The Labute approximate surface area is 162 Å². The van der Waals surface area contributed by atoms with Gasteiger partial charge in [-0.15, -0.1) is 0 Å². The van der Waals surface area contributed by atoms with Crippen LogP contribution in [0.5, 0.6) is 0 Å². The Morgan fingerprint density at radius 3 is 1.96 bits per heavy atom. The Hall–Kier alpha value is -2.40. The van der Waals surface area contributed by atoms with Crippen LogP contribution in [0.15, 0.2) is 0 Å². The molecule has 0 aliphatic carbocycles. The van der Waals surface area contributed by atoms with E-state index in [-0.39, 0.29) is 19.8 Å². The van der Waals surface area contributed by atoms with Crippen LogP contribution in [0, 0.1) is 0 Å². The molecule has 28 heavy (non-hydrogen) atoms. The second-order valence-corrected chi connectivity index (χ2v) is 5.84. The number of nitrogens with one attached hydrogen (secondary N) is 1.